The summed E-state index contributed by atoms with van der Waals surface area (Å²) < 4.78 is 5.61. The minimum atomic E-state index is -1.50. The Labute approximate surface area is 225 Å². The summed E-state index contributed by atoms with van der Waals surface area (Å²) in [5.74, 6) is 3.71. The summed E-state index contributed by atoms with van der Waals surface area (Å²) in [6, 6.07) is 15.6. The zero-order valence-electron chi connectivity index (χ0n) is 22.8. The lowest BCUT2D eigenvalue weighted by atomic mass is 9.69. The summed E-state index contributed by atoms with van der Waals surface area (Å²) in [5.41, 5.74) is 6.58. The highest BCUT2D eigenvalue weighted by molar-refractivity contribution is 6.11. The fraction of sp³-hybridized carbons (Fsp3) is 0.500. The first-order valence-corrected chi connectivity index (χ1v) is 13.6. The van der Waals surface area contributed by atoms with Crippen molar-refractivity contribution in [3.8, 4) is 0 Å². The molecule has 2 aromatic rings. The summed E-state index contributed by atoms with van der Waals surface area (Å²) in [4.78, 5) is 45.7. The fourth-order valence-electron chi connectivity index (χ4n) is 5.34. The van der Waals surface area contributed by atoms with Crippen LogP contribution in [0.2, 0.25) is 0 Å². The molecule has 1 fully saturated rings. The van der Waals surface area contributed by atoms with E-state index in [4.69, 9.17) is 15.4 Å². The van der Waals surface area contributed by atoms with Crippen LogP contribution in [0.3, 0.4) is 0 Å². The van der Waals surface area contributed by atoms with Crippen LogP contribution in [-0.2, 0) is 35.8 Å². The van der Waals surface area contributed by atoms with E-state index in [1.165, 1.54) is 12.5 Å². The van der Waals surface area contributed by atoms with Crippen LogP contribution in [-0.4, -0.2) is 30.5 Å². The van der Waals surface area contributed by atoms with Gasteiger partial charge in [0.15, 0.2) is 6.29 Å². The monoisotopic (exact) mass is 523 g/mol. The molecule has 0 aromatic heterocycles. The number of Topliss-reactive ketones (excluding diaryl/α,β-unsaturated/α-hetero) is 1. The molecule has 1 aliphatic heterocycles. The molecule has 3 rings (SSSR count). The number of ether oxygens (including phenoxy) is 1. The van der Waals surface area contributed by atoms with Gasteiger partial charge in [-0.05, 0) is 69.1 Å². The van der Waals surface area contributed by atoms with Crippen molar-refractivity contribution in [1.29, 1.82) is 0 Å². The highest BCUT2D eigenvalue weighted by Crippen LogP contribution is 2.38. The van der Waals surface area contributed by atoms with Crippen LogP contribution in [0.15, 0.2) is 48.5 Å². The van der Waals surface area contributed by atoms with Crippen LogP contribution < -0.4 is 16.7 Å². The molecule has 3 atom stereocenters. The Kier molecular flexibility index (Phi) is 11.0. The molecule has 0 bridgehead atoms. The van der Waals surface area contributed by atoms with Crippen molar-refractivity contribution in [3.63, 3.8) is 0 Å². The Hall–Kier alpha value is -3.07. The fourth-order valence-corrected chi connectivity index (χ4v) is 5.34. The van der Waals surface area contributed by atoms with Gasteiger partial charge in [0.1, 0.15) is 11.2 Å². The predicted molar refractivity (Wildman–Crippen MR) is 146 cm³/mol. The largest absolute Gasteiger partial charge is 0.350 e. The minimum absolute atomic E-state index is 0.270. The molecule has 0 spiro atoms. The second-order valence-corrected chi connectivity index (χ2v) is 10.1. The summed E-state index contributed by atoms with van der Waals surface area (Å²) in [6.45, 7) is 5.84. The summed E-state index contributed by atoms with van der Waals surface area (Å²) in [6.07, 6.45) is 5.00. The van der Waals surface area contributed by atoms with Gasteiger partial charge in [-0.2, -0.15) is 0 Å². The van der Waals surface area contributed by atoms with Gasteiger partial charge in [0.25, 0.3) is 11.8 Å². The maximum Gasteiger partial charge on any atom is 0.252 e. The van der Waals surface area contributed by atoms with Gasteiger partial charge in [0, 0.05) is 13.0 Å². The van der Waals surface area contributed by atoms with Crippen LogP contribution >= 0.6 is 0 Å². The third-order valence-corrected chi connectivity index (χ3v) is 7.33. The molecule has 2 aromatic carbocycles. The maximum absolute atomic E-state index is 13.7. The SMILES string of the molecule is CCC[C@@](C(C)=O)(C(=O)NN)c1ccc(C)cc1[C@H](CCCc1ccccc1)C(=O)NOC1CCCCO1. The zero-order chi connectivity index (χ0) is 27.5. The Morgan fingerprint density at radius 1 is 1.16 bits per heavy atom. The van der Waals surface area contributed by atoms with Crippen molar-refractivity contribution in [2.24, 2.45) is 5.84 Å². The molecular weight excluding hydrogens is 482 g/mol. The number of carbonyl (C=O) groups excluding carboxylic acids is 3. The number of amides is 2. The number of benzene rings is 2. The molecule has 0 radical (unpaired) electrons. The van der Waals surface area contributed by atoms with E-state index in [1.807, 2.05) is 44.2 Å². The van der Waals surface area contributed by atoms with Crippen LogP contribution in [0, 0.1) is 6.92 Å². The zero-order valence-corrected chi connectivity index (χ0v) is 22.8. The lowest BCUT2D eigenvalue weighted by Crippen LogP contribution is -2.52. The van der Waals surface area contributed by atoms with Crippen LogP contribution in [0.25, 0.3) is 0 Å². The number of carbonyl (C=O) groups is 3. The number of hydroxylamine groups is 1. The number of hydrogen-bond acceptors (Lipinski definition) is 6. The molecule has 4 N–H and O–H groups in total. The van der Waals surface area contributed by atoms with E-state index in [9.17, 15) is 14.4 Å². The normalized spacial score (nSPS) is 17.7. The van der Waals surface area contributed by atoms with E-state index in [0.29, 0.717) is 37.0 Å². The molecule has 8 heteroatoms. The third-order valence-electron chi connectivity index (χ3n) is 7.33. The van der Waals surface area contributed by atoms with E-state index >= 15 is 0 Å². The van der Waals surface area contributed by atoms with E-state index in [2.05, 4.69) is 23.0 Å². The van der Waals surface area contributed by atoms with Crippen molar-refractivity contribution in [1.82, 2.24) is 10.9 Å². The molecule has 1 aliphatic rings. The number of nitrogens with one attached hydrogen (secondary N) is 2. The lowest BCUT2D eigenvalue weighted by Gasteiger charge is -2.33. The van der Waals surface area contributed by atoms with Gasteiger partial charge in [-0.15, -0.1) is 0 Å². The van der Waals surface area contributed by atoms with Crippen molar-refractivity contribution in [2.45, 2.75) is 89.8 Å². The Morgan fingerprint density at radius 2 is 1.92 bits per heavy atom. The van der Waals surface area contributed by atoms with E-state index in [1.54, 1.807) is 6.07 Å². The Balaban J connectivity index is 2.00. The van der Waals surface area contributed by atoms with Crippen molar-refractivity contribution in [3.05, 3.63) is 70.8 Å². The molecule has 38 heavy (non-hydrogen) atoms. The molecule has 0 aliphatic carbocycles. The smallest absolute Gasteiger partial charge is 0.252 e. The lowest BCUT2D eigenvalue weighted by molar-refractivity contribution is -0.201. The molecule has 1 saturated heterocycles. The van der Waals surface area contributed by atoms with Gasteiger partial charge >= 0.3 is 0 Å². The number of aryl methyl sites for hydroxylation is 2. The maximum atomic E-state index is 13.7. The first-order chi connectivity index (χ1) is 18.3. The van der Waals surface area contributed by atoms with Gasteiger partial charge in [-0.1, -0.05) is 67.4 Å². The third kappa shape index (κ3) is 7.07. The molecule has 8 nitrogen and oxygen atoms in total. The van der Waals surface area contributed by atoms with E-state index < -0.39 is 23.5 Å². The van der Waals surface area contributed by atoms with Gasteiger partial charge in [-0.3, -0.25) is 19.8 Å². The van der Waals surface area contributed by atoms with Crippen molar-refractivity contribution < 1.29 is 24.0 Å². The van der Waals surface area contributed by atoms with Gasteiger partial charge < -0.3 is 4.74 Å². The predicted octanol–water partition coefficient (Wildman–Crippen LogP) is 4.29. The molecule has 1 heterocycles. The highest BCUT2D eigenvalue weighted by Gasteiger charge is 2.46. The standard InChI is InChI=1S/C30H41N3O5/c1-4-18-30(22(3)34,29(36)32-31)26-17-16-21(2)20-25(26)24(14-10-13-23-11-6-5-7-12-23)28(35)33-38-27-15-8-9-19-37-27/h5-7,11-12,16-17,20,24,27H,4,8-10,13-15,18-19,31H2,1-3H3,(H,32,36)(H,33,35)/t24-,27?,30-/m0/s1. The average Bonchev–Trinajstić information content (AvgIpc) is 2.93. The number of hydrogen-bond donors (Lipinski definition) is 3. The Bertz CT molecular complexity index is 1080. The van der Waals surface area contributed by atoms with E-state index in [0.717, 1.165) is 31.2 Å². The summed E-state index contributed by atoms with van der Waals surface area (Å²) in [5, 5.41) is 0. The van der Waals surface area contributed by atoms with Gasteiger partial charge in [0.2, 0.25) is 0 Å². The Morgan fingerprint density at radius 3 is 2.55 bits per heavy atom. The topological polar surface area (TPSA) is 120 Å². The summed E-state index contributed by atoms with van der Waals surface area (Å²) in [7, 11) is 0. The molecule has 206 valence electrons. The van der Waals surface area contributed by atoms with Crippen LogP contribution in [0.1, 0.15) is 87.0 Å². The van der Waals surface area contributed by atoms with Gasteiger partial charge in [0.05, 0.1) is 5.92 Å². The minimum Gasteiger partial charge on any atom is -0.350 e. The van der Waals surface area contributed by atoms with Crippen LogP contribution in [0.5, 0.6) is 0 Å². The highest BCUT2D eigenvalue weighted by atomic mass is 16.8. The van der Waals surface area contributed by atoms with Crippen molar-refractivity contribution in [2.75, 3.05) is 6.61 Å². The van der Waals surface area contributed by atoms with Gasteiger partial charge in [-0.25, -0.2) is 16.2 Å². The molecule has 2 amide bonds. The van der Waals surface area contributed by atoms with Crippen LogP contribution in [0.4, 0.5) is 0 Å². The number of nitrogens with two attached hydrogens (primary N) is 1. The van der Waals surface area contributed by atoms with E-state index in [-0.39, 0.29) is 18.1 Å². The number of ketones is 1. The summed E-state index contributed by atoms with van der Waals surface area (Å²) >= 11 is 0. The average molecular weight is 524 g/mol. The quantitative estimate of drug-likeness (QED) is 0.156. The molecular formula is C30H41N3O5. The first kappa shape index (κ1) is 29.5. The molecule has 0 saturated carbocycles. The number of hydrazine groups is 1. The first-order valence-electron chi connectivity index (χ1n) is 13.6. The molecule has 1 unspecified atom stereocenters. The second-order valence-electron chi connectivity index (χ2n) is 10.1. The van der Waals surface area contributed by atoms with Crippen molar-refractivity contribution >= 4 is 17.6 Å². The second kappa shape index (κ2) is 14.2. The number of rotatable bonds is 13.